The standard InChI is InChI=1S/C12H10N4O2S2/c1-20(17,18)8-2-3-10(13-6-8)16-11-9-4-5-19-12(9)15-7-14-11/h2-7H,1H3,(H,13,14,15,16). The van der Waals surface area contributed by atoms with Crippen molar-refractivity contribution in [2.24, 2.45) is 0 Å². The Kier molecular flexibility index (Phi) is 3.11. The van der Waals surface area contributed by atoms with Crippen molar-refractivity contribution in [3.05, 3.63) is 36.1 Å². The predicted molar refractivity (Wildman–Crippen MR) is 78.0 cm³/mol. The molecule has 8 heteroatoms. The average Bonchev–Trinajstić information content (AvgIpc) is 2.88. The van der Waals surface area contributed by atoms with Crippen LogP contribution >= 0.6 is 11.3 Å². The Morgan fingerprint density at radius 1 is 1.15 bits per heavy atom. The topological polar surface area (TPSA) is 84.8 Å². The fourth-order valence-corrected chi connectivity index (χ4v) is 2.98. The molecule has 0 spiro atoms. The van der Waals surface area contributed by atoms with E-state index in [1.165, 1.54) is 29.9 Å². The van der Waals surface area contributed by atoms with Gasteiger partial charge in [-0.25, -0.2) is 23.4 Å². The maximum absolute atomic E-state index is 11.4. The molecular weight excluding hydrogens is 296 g/mol. The van der Waals surface area contributed by atoms with Gasteiger partial charge in [0.05, 0.1) is 10.3 Å². The third-order valence-electron chi connectivity index (χ3n) is 2.67. The van der Waals surface area contributed by atoms with Crippen LogP contribution in [0.5, 0.6) is 0 Å². The molecule has 102 valence electrons. The summed E-state index contributed by atoms with van der Waals surface area (Å²) in [6, 6.07) is 5.04. The van der Waals surface area contributed by atoms with Crippen molar-refractivity contribution in [2.45, 2.75) is 4.90 Å². The summed E-state index contributed by atoms with van der Waals surface area (Å²) in [6.45, 7) is 0. The molecule has 20 heavy (non-hydrogen) atoms. The molecular formula is C12H10N4O2S2. The van der Waals surface area contributed by atoms with Crippen LogP contribution < -0.4 is 5.32 Å². The van der Waals surface area contributed by atoms with Gasteiger partial charge in [-0.15, -0.1) is 11.3 Å². The van der Waals surface area contributed by atoms with Crippen LogP contribution in [0.3, 0.4) is 0 Å². The van der Waals surface area contributed by atoms with E-state index in [4.69, 9.17) is 0 Å². The number of sulfone groups is 1. The Morgan fingerprint density at radius 3 is 2.70 bits per heavy atom. The predicted octanol–water partition coefficient (Wildman–Crippen LogP) is 2.23. The first-order chi connectivity index (χ1) is 9.54. The highest BCUT2D eigenvalue weighted by Gasteiger charge is 2.09. The van der Waals surface area contributed by atoms with Crippen molar-refractivity contribution >= 4 is 43.0 Å². The van der Waals surface area contributed by atoms with E-state index >= 15 is 0 Å². The minimum absolute atomic E-state index is 0.186. The molecule has 3 rings (SSSR count). The number of fused-ring (bicyclic) bond motifs is 1. The van der Waals surface area contributed by atoms with Gasteiger partial charge in [-0.05, 0) is 23.6 Å². The zero-order chi connectivity index (χ0) is 14.2. The maximum Gasteiger partial charge on any atom is 0.177 e. The van der Waals surface area contributed by atoms with Crippen LogP contribution in [0.2, 0.25) is 0 Å². The van der Waals surface area contributed by atoms with E-state index in [0.717, 1.165) is 16.5 Å². The van der Waals surface area contributed by atoms with Crippen LogP contribution in [0, 0.1) is 0 Å². The molecule has 0 saturated carbocycles. The van der Waals surface area contributed by atoms with Crippen molar-refractivity contribution < 1.29 is 8.42 Å². The van der Waals surface area contributed by atoms with Crippen molar-refractivity contribution in [3.63, 3.8) is 0 Å². The zero-order valence-electron chi connectivity index (χ0n) is 10.4. The normalized spacial score (nSPS) is 11.7. The highest BCUT2D eigenvalue weighted by atomic mass is 32.2. The molecule has 6 nitrogen and oxygen atoms in total. The lowest BCUT2D eigenvalue weighted by molar-refractivity contribution is 0.601. The van der Waals surface area contributed by atoms with Crippen LogP contribution in [0.1, 0.15) is 0 Å². The first-order valence-corrected chi connectivity index (χ1v) is 8.42. The van der Waals surface area contributed by atoms with Gasteiger partial charge in [-0.3, -0.25) is 0 Å². The van der Waals surface area contributed by atoms with Gasteiger partial charge in [0.2, 0.25) is 0 Å². The number of nitrogens with zero attached hydrogens (tertiary/aromatic N) is 3. The number of hydrogen-bond donors (Lipinski definition) is 1. The lowest BCUT2D eigenvalue weighted by Crippen LogP contribution is -2.00. The summed E-state index contributed by atoms with van der Waals surface area (Å²) in [6.07, 6.45) is 3.95. The summed E-state index contributed by atoms with van der Waals surface area (Å²) in [5.74, 6) is 1.18. The van der Waals surface area contributed by atoms with Gasteiger partial charge in [0.1, 0.15) is 22.8 Å². The van der Waals surface area contributed by atoms with Gasteiger partial charge < -0.3 is 5.32 Å². The lowest BCUT2D eigenvalue weighted by Gasteiger charge is -2.06. The SMILES string of the molecule is CS(=O)(=O)c1ccc(Nc2ncnc3sccc23)nc1. The van der Waals surface area contributed by atoms with Gasteiger partial charge in [0.25, 0.3) is 0 Å². The van der Waals surface area contributed by atoms with Gasteiger partial charge >= 0.3 is 0 Å². The fraction of sp³-hybridized carbons (Fsp3) is 0.0833. The smallest absolute Gasteiger partial charge is 0.177 e. The van der Waals surface area contributed by atoms with Gasteiger partial charge in [-0.2, -0.15) is 0 Å². The van der Waals surface area contributed by atoms with E-state index in [0.29, 0.717) is 11.6 Å². The monoisotopic (exact) mass is 306 g/mol. The van der Waals surface area contributed by atoms with Crippen LogP contribution in [-0.4, -0.2) is 29.6 Å². The lowest BCUT2D eigenvalue weighted by atomic mass is 10.3. The second-order valence-corrected chi connectivity index (χ2v) is 7.05. The molecule has 0 saturated heterocycles. The Hall–Kier alpha value is -2.06. The Labute approximate surface area is 119 Å². The molecule has 0 bridgehead atoms. The van der Waals surface area contributed by atoms with Gasteiger partial charge in [-0.1, -0.05) is 0 Å². The molecule has 0 aliphatic heterocycles. The van der Waals surface area contributed by atoms with E-state index < -0.39 is 9.84 Å². The van der Waals surface area contributed by atoms with E-state index in [1.807, 2.05) is 11.4 Å². The minimum atomic E-state index is -3.23. The Bertz CT molecular complexity index is 857. The van der Waals surface area contributed by atoms with Crippen LogP contribution in [0.15, 0.2) is 41.0 Å². The second-order valence-electron chi connectivity index (χ2n) is 4.14. The third kappa shape index (κ3) is 2.47. The quantitative estimate of drug-likeness (QED) is 0.798. The van der Waals surface area contributed by atoms with Crippen molar-refractivity contribution in [3.8, 4) is 0 Å². The summed E-state index contributed by atoms with van der Waals surface area (Å²) in [5, 5.41) is 5.91. The second kappa shape index (κ2) is 4.80. The summed E-state index contributed by atoms with van der Waals surface area (Å²) in [5.41, 5.74) is 0. The van der Waals surface area contributed by atoms with Gasteiger partial charge in [0.15, 0.2) is 9.84 Å². The largest absolute Gasteiger partial charge is 0.324 e. The fourth-order valence-electron chi connectivity index (χ4n) is 1.68. The molecule has 0 aromatic carbocycles. The molecule has 1 N–H and O–H groups in total. The van der Waals surface area contributed by atoms with Gasteiger partial charge in [0, 0.05) is 12.5 Å². The van der Waals surface area contributed by atoms with Crippen LogP contribution in [0.4, 0.5) is 11.6 Å². The van der Waals surface area contributed by atoms with Crippen LogP contribution in [-0.2, 0) is 9.84 Å². The first kappa shape index (κ1) is 12.9. The highest BCUT2D eigenvalue weighted by molar-refractivity contribution is 7.90. The number of anilines is 2. The molecule has 0 unspecified atom stereocenters. The summed E-state index contributed by atoms with van der Waals surface area (Å²) < 4.78 is 22.7. The first-order valence-electron chi connectivity index (χ1n) is 5.65. The number of aromatic nitrogens is 3. The zero-order valence-corrected chi connectivity index (χ0v) is 12.1. The van der Waals surface area contributed by atoms with Crippen molar-refractivity contribution in [2.75, 3.05) is 11.6 Å². The molecule has 0 radical (unpaired) electrons. The molecule has 0 atom stereocenters. The number of nitrogens with one attached hydrogen (secondary N) is 1. The van der Waals surface area contributed by atoms with Crippen molar-refractivity contribution in [1.82, 2.24) is 15.0 Å². The summed E-state index contributed by atoms with van der Waals surface area (Å²) >= 11 is 1.53. The molecule has 0 aliphatic carbocycles. The van der Waals surface area contributed by atoms with Crippen LogP contribution in [0.25, 0.3) is 10.2 Å². The molecule has 0 amide bonds. The number of thiophene rings is 1. The van der Waals surface area contributed by atoms with Crippen molar-refractivity contribution in [1.29, 1.82) is 0 Å². The van der Waals surface area contributed by atoms with E-state index in [-0.39, 0.29) is 4.90 Å². The third-order valence-corrected chi connectivity index (χ3v) is 4.59. The average molecular weight is 306 g/mol. The number of pyridine rings is 1. The van der Waals surface area contributed by atoms with E-state index in [9.17, 15) is 8.42 Å². The highest BCUT2D eigenvalue weighted by Crippen LogP contribution is 2.25. The summed E-state index contributed by atoms with van der Waals surface area (Å²) in [7, 11) is -3.23. The Morgan fingerprint density at radius 2 is 2.00 bits per heavy atom. The number of hydrogen-bond acceptors (Lipinski definition) is 7. The molecule has 3 aromatic rings. The Balaban J connectivity index is 1.93. The molecule has 3 heterocycles. The number of rotatable bonds is 3. The molecule has 0 fully saturated rings. The summed E-state index contributed by atoms with van der Waals surface area (Å²) in [4.78, 5) is 13.5. The molecule has 0 aliphatic rings. The molecule has 3 aromatic heterocycles. The minimum Gasteiger partial charge on any atom is -0.324 e. The van der Waals surface area contributed by atoms with E-state index in [2.05, 4.69) is 20.3 Å². The van der Waals surface area contributed by atoms with E-state index in [1.54, 1.807) is 6.07 Å². The maximum atomic E-state index is 11.4.